The van der Waals surface area contributed by atoms with E-state index in [2.05, 4.69) is 44.8 Å². The molecule has 194 valence electrons. The minimum absolute atomic E-state index is 0.0887. The number of hydrogen-bond donors (Lipinski definition) is 2. The Morgan fingerprint density at radius 3 is 2.59 bits per heavy atom. The molecule has 1 aromatic carbocycles. The van der Waals surface area contributed by atoms with Crippen molar-refractivity contribution in [3.05, 3.63) is 36.3 Å². The Kier molecular flexibility index (Phi) is 6.18. The van der Waals surface area contributed by atoms with Gasteiger partial charge in [-0.2, -0.15) is 5.10 Å². The lowest BCUT2D eigenvalue weighted by molar-refractivity contribution is 0.0592. The third kappa shape index (κ3) is 4.54. The van der Waals surface area contributed by atoms with Gasteiger partial charge >= 0.3 is 6.03 Å². The van der Waals surface area contributed by atoms with Gasteiger partial charge in [-0.05, 0) is 30.4 Å². The number of hydrogen-bond acceptors (Lipinski definition) is 8. The molecular weight excluding hydrogens is 474 g/mol. The van der Waals surface area contributed by atoms with Gasteiger partial charge in [0.25, 0.3) is 5.91 Å². The largest absolute Gasteiger partial charge is 0.494 e. The highest BCUT2D eigenvalue weighted by Crippen LogP contribution is 2.44. The first kappa shape index (κ1) is 24.5. The lowest BCUT2D eigenvalue weighted by Crippen LogP contribution is -2.50. The van der Waals surface area contributed by atoms with Crippen molar-refractivity contribution in [2.75, 3.05) is 37.5 Å². The van der Waals surface area contributed by atoms with Gasteiger partial charge in [0, 0.05) is 39.3 Å². The first-order valence-corrected chi connectivity index (χ1v) is 12.2. The second-order valence-corrected chi connectivity index (χ2v) is 10.2. The van der Waals surface area contributed by atoms with E-state index in [1.807, 2.05) is 23.1 Å². The number of nitrogens with one attached hydrogen (secondary N) is 2. The fraction of sp³-hybridized carbons (Fsp3) is 0.440. The minimum atomic E-state index is -0.408. The van der Waals surface area contributed by atoms with Crippen molar-refractivity contribution in [3.8, 4) is 17.1 Å². The number of amides is 3. The van der Waals surface area contributed by atoms with Crippen LogP contribution < -0.4 is 20.3 Å². The molecule has 1 aliphatic carbocycles. The van der Waals surface area contributed by atoms with Crippen molar-refractivity contribution in [2.45, 2.75) is 32.7 Å². The van der Waals surface area contributed by atoms with Crippen LogP contribution in [-0.4, -0.2) is 75.1 Å². The van der Waals surface area contributed by atoms with Crippen LogP contribution in [-0.2, 0) is 7.05 Å². The lowest BCUT2D eigenvalue weighted by Gasteiger charge is -2.46. The standard InChI is InChI=1S/C25H31N9O3/c1-25(2)12-15(13-25)33-9-10-34(24(33)36)19-11-18(20(30-29-19)23(35)26-3)28-17-8-6-7-16(21(17)37-5)22-27-14-32(4)31-22/h6-8,11,14-15H,9-10,12-13H2,1-5H3,(H,26,35)(H,28,29). The van der Waals surface area contributed by atoms with Crippen molar-refractivity contribution in [2.24, 2.45) is 12.5 Å². The summed E-state index contributed by atoms with van der Waals surface area (Å²) >= 11 is 0. The number of anilines is 3. The van der Waals surface area contributed by atoms with Crippen molar-refractivity contribution < 1.29 is 14.3 Å². The van der Waals surface area contributed by atoms with Crippen molar-refractivity contribution in [1.82, 2.24) is 35.2 Å². The Morgan fingerprint density at radius 1 is 1.16 bits per heavy atom. The number of aromatic nitrogens is 5. The van der Waals surface area contributed by atoms with E-state index < -0.39 is 5.91 Å². The zero-order chi connectivity index (χ0) is 26.3. The normalized spacial score (nSPS) is 17.1. The summed E-state index contributed by atoms with van der Waals surface area (Å²) in [7, 11) is 4.87. The predicted molar refractivity (Wildman–Crippen MR) is 138 cm³/mol. The summed E-state index contributed by atoms with van der Waals surface area (Å²) in [6.45, 7) is 5.58. The van der Waals surface area contributed by atoms with E-state index in [-0.39, 0.29) is 23.2 Å². The first-order chi connectivity index (χ1) is 17.7. The molecule has 0 atom stereocenters. The van der Waals surface area contributed by atoms with E-state index in [9.17, 15) is 9.59 Å². The molecule has 12 heteroatoms. The highest BCUT2D eigenvalue weighted by Gasteiger charge is 2.45. The maximum absolute atomic E-state index is 13.2. The lowest BCUT2D eigenvalue weighted by atomic mass is 9.68. The van der Waals surface area contributed by atoms with E-state index in [4.69, 9.17) is 4.74 Å². The number of carbonyl (C=O) groups excluding carboxylic acids is 2. The van der Waals surface area contributed by atoms with Crippen LogP contribution in [0.25, 0.3) is 11.4 Å². The minimum Gasteiger partial charge on any atom is -0.494 e. The topological polar surface area (TPSA) is 130 Å². The highest BCUT2D eigenvalue weighted by molar-refractivity contribution is 6.00. The highest BCUT2D eigenvalue weighted by atomic mass is 16.5. The summed E-state index contributed by atoms with van der Waals surface area (Å²) in [4.78, 5) is 33.7. The van der Waals surface area contributed by atoms with Crippen LogP contribution in [0.4, 0.5) is 22.0 Å². The zero-order valence-electron chi connectivity index (χ0n) is 21.6. The van der Waals surface area contributed by atoms with Gasteiger partial charge < -0.3 is 20.3 Å². The van der Waals surface area contributed by atoms with Crippen LogP contribution in [0.3, 0.4) is 0 Å². The van der Waals surface area contributed by atoms with Gasteiger partial charge in [-0.1, -0.05) is 19.9 Å². The van der Waals surface area contributed by atoms with Gasteiger partial charge in [0.1, 0.15) is 6.33 Å². The number of aryl methyl sites for hydroxylation is 1. The number of carbonyl (C=O) groups is 2. The smallest absolute Gasteiger partial charge is 0.326 e. The zero-order valence-corrected chi connectivity index (χ0v) is 21.6. The summed E-state index contributed by atoms with van der Waals surface area (Å²) < 4.78 is 7.31. The fourth-order valence-electron chi connectivity index (χ4n) is 5.08. The van der Waals surface area contributed by atoms with Crippen LogP contribution in [0.1, 0.15) is 37.2 Å². The first-order valence-electron chi connectivity index (χ1n) is 12.2. The van der Waals surface area contributed by atoms with Crippen LogP contribution in [0.15, 0.2) is 30.6 Å². The average molecular weight is 506 g/mol. The number of methoxy groups -OCH3 is 1. The van der Waals surface area contributed by atoms with Crippen molar-refractivity contribution in [3.63, 3.8) is 0 Å². The van der Waals surface area contributed by atoms with Crippen LogP contribution in [0.5, 0.6) is 5.75 Å². The number of para-hydroxylation sites is 1. The molecule has 0 unspecified atom stereocenters. The Morgan fingerprint density at radius 2 is 1.95 bits per heavy atom. The third-order valence-electron chi connectivity index (χ3n) is 6.89. The molecule has 1 saturated carbocycles. The molecule has 2 N–H and O–H groups in total. The summed E-state index contributed by atoms with van der Waals surface area (Å²) in [5.74, 6) is 0.979. The molecule has 3 amide bonds. The van der Waals surface area contributed by atoms with E-state index in [0.29, 0.717) is 47.4 Å². The Bertz CT molecular complexity index is 1340. The van der Waals surface area contributed by atoms with Gasteiger partial charge in [0.05, 0.1) is 24.0 Å². The molecule has 1 saturated heterocycles. The molecule has 0 bridgehead atoms. The van der Waals surface area contributed by atoms with E-state index >= 15 is 0 Å². The van der Waals surface area contributed by atoms with Crippen LogP contribution in [0.2, 0.25) is 0 Å². The molecule has 1 aliphatic heterocycles. The number of benzene rings is 1. The monoisotopic (exact) mass is 505 g/mol. The Labute approximate surface area is 215 Å². The number of nitrogens with zero attached hydrogens (tertiary/aromatic N) is 7. The molecule has 2 aliphatic rings. The molecule has 37 heavy (non-hydrogen) atoms. The second-order valence-electron chi connectivity index (χ2n) is 10.2. The summed E-state index contributed by atoms with van der Waals surface area (Å²) in [6.07, 6.45) is 3.59. The molecule has 5 rings (SSSR count). The molecule has 0 spiro atoms. The molecule has 2 fully saturated rings. The summed E-state index contributed by atoms with van der Waals surface area (Å²) in [6, 6.07) is 7.35. The molecule has 2 aromatic heterocycles. The summed E-state index contributed by atoms with van der Waals surface area (Å²) in [5.41, 5.74) is 2.03. The van der Waals surface area contributed by atoms with Gasteiger partial charge in [-0.15, -0.1) is 10.2 Å². The molecule has 3 heterocycles. The SMILES string of the molecule is CNC(=O)c1nnc(N2CCN(C3CC(C)(C)C3)C2=O)cc1Nc1cccc(-c2ncn(C)n2)c1OC. The molecule has 12 nitrogen and oxygen atoms in total. The second kappa shape index (κ2) is 9.34. The predicted octanol–water partition coefficient (Wildman–Crippen LogP) is 2.81. The number of rotatable bonds is 7. The van der Waals surface area contributed by atoms with Gasteiger partial charge in [-0.25, -0.2) is 9.78 Å². The maximum Gasteiger partial charge on any atom is 0.326 e. The van der Waals surface area contributed by atoms with E-state index in [1.54, 1.807) is 36.1 Å². The van der Waals surface area contributed by atoms with Gasteiger partial charge in [0.15, 0.2) is 23.1 Å². The van der Waals surface area contributed by atoms with Gasteiger partial charge in [-0.3, -0.25) is 14.4 Å². The van der Waals surface area contributed by atoms with Crippen LogP contribution >= 0.6 is 0 Å². The Hall–Kier alpha value is -4.22. The fourth-order valence-corrected chi connectivity index (χ4v) is 5.08. The average Bonchev–Trinajstić information content (AvgIpc) is 3.47. The van der Waals surface area contributed by atoms with Crippen molar-refractivity contribution in [1.29, 1.82) is 0 Å². The molecular formula is C25H31N9O3. The number of urea groups is 1. The van der Waals surface area contributed by atoms with E-state index in [0.717, 1.165) is 12.8 Å². The number of ether oxygens (including phenoxy) is 1. The summed E-state index contributed by atoms with van der Waals surface area (Å²) in [5, 5.41) is 18.7. The third-order valence-corrected chi connectivity index (χ3v) is 6.89. The van der Waals surface area contributed by atoms with Gasteiger partial charge in [0.2, 0.25) is 0 Å². The van der Waals surface area contributed by atoms with Crippen LogP contribution in [0, 0.1) is 5.41 Å². The Balaban J connectivity index is 1.47. The van der Waals surface area contributed by atoms with E-state index in [1.165, 1.54) is 7.05 Å². The molecule has 3 aromatic rings. The quantitative estimate of drug-likeness (QED) is 0.501. The van der Waals surface area contributed by atoms with Crippen molar-refractivity contribution >= 4 is 29.1 Å². The maximum atomic E-state index is 13.2. The molecule has 0 radical (unpaired) electrons.